The van der Waals surface area contributed by atoms with Gasteiger partial charge in [-0.15, -0.1) is 0 Å². The zero-order valence-corrected chi connectivity index (χ0v) is 14.9. The summed E-state index contributed by atoms with van der Waals surface area (Å²) >= 11 is 0. The van der Waals surface area contributed by atoms with E-state index in [1.54, 1.807) is 42.6 Å². The molecule has 2 aromatic heterocycles. The first-order valence-electron chi connectivity index (χ1n) is 8.27. The molecule has 1 aliphatic carbocycles. The maximum atomic E-state index is 12.8. The highest BCUT2D eigenvalue weighted by Crippen LogP contribution is 2.30. The summed E-state index contributed by atoms with van der Waals surface area (Å²) in [5.74, 6) is 0.453. The SMILES string of the molecule is Cc1[nH]n(-c2ccc([S@@](=O)C3CC3)cn2)c(=O)c1-c1ccc(C#N)cc1. The topological polar surface area (TPSA) is 91.5 Å². The molecule has 26 heavy (non-hydrogen) atoms. The van der Waals surface area contributed by atoms with Crippen molar-refractivity contribution in [2.45, 2.75) is 29.9 Å². The van der Waals surface area contributed by atoms with Gasteiger partial charge in [-0.05, 0) is 49.6 Å². The van der Waals surface area contributed by atoms with Crippen molar-refractivity contribution in [1.82, 2.24) is 14.8 Å². The third-order valence-corrected chi connectivity index (χ3v) is 6.17. The summed E-state index contributed by atoms with van der Waals surface area (Å²) in [4.78, 5) is 17.9. The molecule has 130 valence electrons. The van der Waals surface area contributed by atoms with E-state index >= 15 is 0 Å². The van der Waals surface area contributed by atoms with Crippen molar-refractivity contribution in [3.63, 3.8) is 0 Å². The molecule has 0 radical (unpaired) electrons. The number of nitrogens with one attached hydrogen (secondary N) is 1. The summed E-state index contributed by atoms with van der Waals surface area (Å²) in [6, 6.07) is 12.4. The van der Waals surface area contributed by atoms with Gasteiger partial charge in [0, 0.05) is 17.1 Å². The third kappa shape index (κ3) is 2.89. The minimum absolute atomic E-state index is 0.212. The predicted molar refractivity (Wildman–Crippen MR) is 98.5 cm³/mol. The van der Waals surface area contributed by atoms with Gasteiger partial charge in [-0.1, -0.05) is 12.1 Å². The van der Waals surface area contributed by atoms with Crippen molar-refractivity contribution >= 4 is 10.8 Å². The van der Waals surface area contributed by atoms with Crippen LogP contribution in [-0.4, -0.2) is 24.2 Å². The lowest BCUT2D eigenvalue weighted by Gasteiger charge is -2.03. The van der Waals surface area contributed by atoms with E-state index in [1.807, 2.05) is 6.92 Å². The van der Waals surface area contributed by atoms with Crippen molar-refractivity contribution in [1.29, 1.82) is 5.26 Å². The molecule has 2 heterocycles. The van der Waals surface area contributed by atoms with Gasteiger partial charge in [0.1, 0.15) is 0 Å². The van der Waals surface area contributed by atoms with Crippen molar-refractivity contribution < 1.29 is 4.21 Å². The number of aromatic nitrogens is 3. The maximum absolute atomic E-state index is 12.8. The second kappa shape index (κ2) is 6.39. The summed E-state index contributed by atoms with van der Waals surface area (Å²) in [5, 5.41) is 12.2. The van der Waals surface area contributed by atoms with Gasteiger partial charge in [0.05, 0.1) is 32.9 Å². The molecule has 1 fully saturated rings. The summed E-state index contributed by atoms with van der Waals surface area (Å²) < 4.78 is 13.6. The molecule has 0 aliphatic heterocycles. The standard InChI is InChI=1S/C19H16N4O2S/c1-12-18(14-4-2-13(10-20)3-5-14)19(24)23(22-12)17-9-8-16(11-21-17)26(25)15-6-7-15/h2-5,8-9,11,15,22H,6-7H2,1H3/t26-/m0/s1. The summed E-state index contributed by atoms with van der Waals surface area (Å²) in [6.07, 6.45) is 3.57. The maximum Gasteiger partial charge on any atom is 0.280 e. The van der Waals surface area contributed by atoms with Crippen molar-refractivity contribution in [2.75, 3.05) is 0 Å². The number of rotatable bonds is 4. The fraction of sp³-hybridized carbons (Fsp3) is 0.211. The van der Waals surface area contributed by atoms with Crippen LogP contribution in [0.3, 0.4) is 0 Å². The zero-order valence-electron chi connectivity index (χ0n) is 14.1. The molecule has 1 saturated carbocycles. The Bertz CT molecular complexity index is 1080. The molecule has 0 unspecified atom stereocenters. The Labute approximate surface area is 152 Å². The molecule has 4 rings (SSSR count). The fourth-order valence-corrected chi connectivity index (χ4v) is 4.17. The lowest BCUT2D eigenvalue weighted by atomic mass is 10.1. The van der Waals surface area contributed by atoms with E-state index in [2.05, 4.69) is 16.2 Å². The molecule has 1 aliphatic rings. The molecule has 1 aromatic carbocycles. The van der Waals surface area contributed by atoms with Gasteiger partial charge < -0.3 is 0 Å². The summed E-state index contributed by atoms with van der Waals surface area (Å²) in [6.45, 7) is 1.82. The molecule has 0 amide bonds. The van der Waals surface area contributed by atoms with Crippen LogP contribution in [0.4, 0.5) is 0 Å². The number of hydrogen-bond acceptors (Lipinski definition) is 4. The smallest absolute Gasteiger partial charge is 0.280 e. The second-order valence-electron chi connectivity index (χ2n) is 6.29. The van der Waals surface area contributed by atoms with E-state index in [4.69, 9.17) is 5.26 Å². The Balaban J connectivity index is 1.70. The van der Waals surface area contributed by atoms with Crippen LogP contribution in [-0.2, 0) is 10.8 Å². The Morgan fingerprint density at radius 1 is 1.23 bits per heavy atom. The Morgan fingerprint density at radius 2 is 1.96 bits per heavy atom. The van der Waals surface area contributed by atoms with E-state index in [1.165, 1.54) is 4.68 Å². The number of pyridine rings is 1. The molecule has 6 nitrogen and oxygen atoms in total. The van der Waals surface area contributed by atoms with Crippen molar-refractivity contribution in [3.05, 3.63) is 64.2 Å². The van der Waals surface area contributed by atoms with Crippen LogP contribution in [0.2, 0.25) is 0 Å². The monoisotopic (exact) mass is 364 g/mol. The number of aromatic amines is 1. The van der Waals surface area contributed by atoms with Crippen LogP contribution in [0.5, 0.6) is 0 Å². The highest BCUT2D eigenvalue weighted by atomic mass is 32.2. The van der Waals surface area contributed by atoms with Gasteiger partial charge in [-0.3, -0.25) is 14.1 Å². The molecule has 0 spiro atoms. The Hall–Kier alpha value is -2.98. The average molecular weight is 364 g/mol. The number of benzene rings is 1. The van der Waals surface area contributed by atoms with Crippen molar-refractivity contribution in [3.8, 4) is 23.0 Å². The molecular weight excluding hydrogens is 348 g/mol. The van der Waals surface area contributed by atoms with E-state index in [-0.39, 0.29) is 10.8 Å². The van der Waals surface area contributed by atoms with Gasteiger partial charge >= 0.3 is 0 Å². The third-order valence-electron chi connectivity index (χ3n) is 4.38. The van der Waals surface area contributed by atoms with Crippen LogP contribution in [0.1, 0.15) is 24.1 Å². The number of hydrogen-bond donors (Lipinski definition) is 1. The zero-order chi connectivity index (χ0) is 18.3. The highest BCUT2D eigenvalue weighted by molar-refractivity contribution is 7.86. The molecule has 3 aromatic rings. The van der Waals surface area contributed by atoms with Crippen LogP contribution in [0, 0.1) is 18.3 Å². The van der Waals surface area contributed by atoms with Crippen LogP contribution in [0.15, 0.2) is 52.3 Å². The molecule has 1 atom stereocenters. The summed E-state index contributed by atoms with van der Waals surface area (Å²) in [7, 11) is -1.01. The van der Waals surface area contributed by atoms with E-state index in [0.29, 0.717) is 27.5 Å². The molecular formula is C19H16N4O2S. The first-order chi connectivity index (χ1) is 12.6. The normalized spacial score (nSPS) is 14.8. The lowest BCUT2D eigenvalue weighted by Crippen LogP contribution is -2.17. The largest absolute Gasteiger partial charge is 0.293 e. The van der Waals surface area contributed by atoms with Crippen LogP contribution >= 0.6 is 0 Å². The van der Waals surface area contributed by atoms with E-state index in [9.17, 15) is 9.00 Å². The molecule has 1 N–H and O–H groups in total. The van der Waals surface area contributed by atoms with Crippen molar-refractivity contribution in [2.24, 2.45) is 0 Å². The summed E-state index contributed by atoms with van der Waals surface area (Å²) in [5.41, 5.74) is 2.33. The van der Waals surface area contributed by atoms with Crippen LogP contribution in [0.25, 0.3) is 16.9 Å². The number of H-pyrrole nitrogens is 1. The molecule has 0 bridgehead atoms. The second-order valence-corrected chi connectivity index (χ2v) is 8.02. The van der Waals surface area contributed by atoms with Gasteiger partial charge in [0.2, 0.25) is 0 Å². The number of aryl methyl sites for hydroxylation is 1. The molecule has 0 saturated heterocycles. The number of nitriles is 1. The first-order valence-corrected chi connectivity index (χ1v) is 9.49. The lowest BCUT2D eigenvalue weighted by molar-refractivity contribution is 0.681. The highest BCUT2D eigenvalue weighted by Gasteiger charge is 2.29. The van der Waals surface area contributed by atoms with Gasteiger partial charge in [0.15, 0.2) is 5.82 Å². The predicted octanol–water partition coefficient (Wildman–Crippen LogP) is 2.68. The van der Waals surface area contributed by atoms with E-state index < -0.39 is 10.8 Å². The minimum Gasteiger partial charge on any atom is -0.293 e. The average Bonchev–Trinajstić information content (AvgIpc) is 3.47. The minimum atomic E-state index is -1.01. The van der Waals surface area contributed by atoms with E-state index in [0.717, 1.165) is 18.4 Å². The van der Waals surface area contributed by atoms with Gasteiger partial charge in [-0.2, -0.15) is 5.26 Å². The fourth-order valence-electron chi connectivity index (χ4n) is 2.86. The number of nitrogens with zero attached hydrogens (tertiary/aromatic N) is 3. The van der Waals surface area contributed by atoms with Crippen LogP contribution < -0.4 is 5.56 Å². The van der Waals surface area contributed by atoms with Gasteiger partial charge in [0.25, 0.3) is 5.56 Å². The Morgan fingerprint density at radius 3 is 2.54 bits per heavy atom. The molecule has 7 heteroatoms. The first kappa shape index (κ1) is 16.5. The quantitative estimate of drug-likeness (QED) is 0.770. The Kier molecular flexibility index (Phi) is 4.05. The van der Waals surface area contributed by atoms with Gasteiger partial charge in [-0.25, -0.2) is 9.67 Å².